The van der Waals surface area contributed by atoms with E-state index in [1.807, 2.05) is 25.1 Å². The van der Waals surface area contributed by atoms with E-state index in [4.69, 9.17) is 11.6 Å². The number of aryl methyl sites for hydroxylation is 1. The predicted octanol–water partition coefficient (Wildman–Crippen LogP) is 2.77. The van der Waals surface area contributed by atoms with Gasteiger partial charge in [-0.15, -0.1) is 0 Å². The van der Waals surface area contributed by atoms with Crippen LogP contribution in [0.3, 0.4) is 0 Å². The number of halogens is 1. The first-order chi connectivity index (χ1) is 6.93. The van der Waals surface area contributed by atoms with Crippen molar-refractivity contribution in [3.05, 3.63) is 28.8 Å². The van der Waals surface area contributed by atoms with Crippen molar-refractivity contribution in [1.29, 1.82) is 0 Å². The molecule has 0 aromatic heterocycles. The second-order valence-electron chi connectivity index (χ2n) is 3.69. The molecular formula is C11H15ClN2O. The highest BCUT2D eigenvalue weighted by Crippen LogP contribution is 2.26. The van der Waals surface area contributed by atoms with Crippen LogP contribution in [0.4, 0.5) is 10.5 Å². The molecule has 1 aromatic rings. The zero-order chi connectivity index (χ0) is 11.6. The Morgan fingerprint density at radius 3 is 2.33 bits per heavy atom. The summed E-state index contributed by atoms with van der Waals surface area (Å²) in [5, 5.41) is 0.590. The zero-order valence-corrected chi connectivity index (χ0v) is 10.2. The van der Waals surface area contributed by atoms with Crippen LogP contribution in [0, 0.1) is 6.92 Å². The lowest BCUT2D eigenvalue weighted by Gasteiger charge is -2.22. The third kappa shape index (κ3) is 2.63. The van der Waals surface area contributed by atoms with Gasteiger partial charge in [-0.1, -0.05) is 17.7 Å². The molecule has 15 heavy (non-hydrogen) atoms. The first-order valence-electron chi connectivity index (χ1n) is 4.64. The van der Waals surface area contributed by atoms with Gasteiger partial charge in [0.1, 0.15) is 0 Å². The molecule has 0 fully saturated rings. The van der Waals surface area contributed by atoms with Gasteiger partial charge < -0.3 is 4.90 Å². The molecule has 4 heteroatoms. The van der Waals surface area contributed by atoms with E-state index in [1.54, 1.807) is 21.1 Å². The van der Waals surface area contributed by atoms with Crippen LogP contribution in [0.15, 0.2) is 18.2 Å². The molecule has 1 aromatic carbocycles. The average Bonchev–Trinajstić information content (AvgIpc) is 2.15. The van der Waals surface area contributed by atoms with Crippen LogP contribution >= 0.6 is 11.6 Å². The summed E-state index contributed by atoms with van der Waals surface area (Å²) in [5.41, 5.74) is 1.80. The van der Waals surface area contributed by atoms with Gasteiger partial charge in [-0.25, -0.2) is 4.79 Å². The van der Waals surface area contributed by atoms with Crippen molar-refractivity contribution in [2.75, 3.05) is 26.0 Å². The van der Waals surface area contributed by atoms with Crippen LogP contribution in [-0.2, 0) is 0 Å². The smallest absolute Gasteiger partial charge is 0.323 e. The number of benzene rings is 1. The van der Waals surface area contributed by atoms with E-state index in [2.05, 4.69) is 0 Å². The van der Waals surface area contributed by atoms with Crippen molar-refractivity contribution in [3.8, 4) is 0 Å². The van der Waals surface area contributed by atoms with E-state index in [0.29, 0.717) is 5.02 Å². The van der Waals surface area contributed by atoms with E-state index in [1.165, 1.54) is 9.80 Å². The van der Waals surface area contributed by atoms with Crippen LogP contribution in [0.1, 0.15) is 5.56 Å². The Bertz CT molecular complexity index is 377. The van der Waals surface area contributed by atoms with Crippen molar-refractivity contribution >= 4 is 23.3 Å². The minimum Gasteiger partial charge on any atom is -0.330 e. The number of amides is 2. The average molecular weight is 227 g/mol. The number of carbonyl (C=O) groups excluding carboxylic acids is 1. The minimum atomic E-state index is -0.0965. The molecule has 0 radical (unpaired) electrons. The predicted molar refractivity (Wildman–Crippen MR) is 63.7 cm³/mol. The summed E-state index contributed by atoms with van der Waals surface area (Å²) in [6.07, 6.45) is 0. The molecule has 0 heterocycles. The maximum Gasteiger partial charge on any atom is 0.323 e. The topological polar surface area (TPSA) is 23.6 Å². The minimum absolute atomic E-state index is 0.0965. The maximum atomic E-state index is 11.7. The summed E-state index contributed by atoms with van der Waals surface area (Å²) in [5.74, 6) is 0. The van der Waals surface area contributed by atoms with Crippen molar-refractivity contribution < 1.29 is 4.79 Å². The molecule has 1 rings (SSSR count). The third-order valence-corrected chi connectivity index (χ3v) is 2.44. The fraction of sp³-hybridized carbons (Fsp3) is 0.364. The van der Waals surface area contributed by atoms with E-state index in [0.717, 1.165) is 11.3 Å². The van der Waals surface area contributed by atoms with Crippen molar-refractivity contribution in [3.63, 3.8) is 0 Å². The van der Waals surface area contributed by atoms with Gasteiger partial charge in [0.05, 0.1) is 10.7 Å². The lowest BCUT2D eigenvalue weighted by molar-refractivity contribution is 0.225. The zero-order valence-electron chi connectivity index (χ0n) is 9.41. The first kappa shape index (κ1) is 11.9. The highest BCUT2D eigenvalue weighted by Gasteiger charge is 2.14. The van der Waals surface area contributed by atoms with Crippen LogP contribution in [0.2, 0.25) is 5.02 Å². The Hall–Kier alpha value is -1.22. The summed E-state index contributed by atoms with van der Waals surface area (Å²) in [6, 6.07) is 5.52. The van der Waals surface area contributed by atoms with Gasteiger partial charge in [0.25, 0.3) is 0 Å². The van der Waals surface area contributed by atoms with Gasteiger partial charge in [-0.05, 0) is 24.6 Å². The second-order valence-corrected chi connectivity index (χ2v) is 4.10. The molecule has 0 aliphatic rings. The number of nitrogens with zero attached hydrogens (tertiary/aromatic N) is 2. The Morgan fingerprint density at radius 1 is 1.27 bits per heavy atom. The molecule has 0 spiro atoms. The molecule has 0 unspecified atom stereocenters. The maximum absolute atomic E-state index is 11.7. The summed E-state index contributed by atoms with van der Waals surface area (Å²) in [4.78, 5) is 14.7. The Labute approximate surface area is 95.2 Å². The summed E-state index contributed by atoms with van der Waals surface area (Å²) in [6.45, 7) is 1.96. The van der Waals surface area contributed by atoms with Gasteiger partial charge >= 0.3 is 6.03 Å². The van der Waals surface area contributed by atoms with E-state index >= 15 is 0 Å². The Balaban J connectivity index is 3.01. The number of hydrogen-bond donors (Lipinski definition) is 0. The van der Waals surface area contributed by atoms with Gasteiger partial charge in [-0.2, -0.15) is 0 Å². The SMILES string of the molecule is Cc1ccc(N(C)C(=O)N(C)C)c(Cl)c1. The highest BCUT2D eigenvalue weighted by molar-refractivity contribution is 6.33. The molecule has 2 amide bonds. The van der Waals surface area contributed by atoms with Crippen molar-refractivity contribution in [2.45, 2.75) is 6.92 Å². The molecule has 82 valence electrons. The van der Waals surface area contributed by atoms with E-state index in [-0.39, 0.29) is 6.03 Å². The van der Waals surface area contributed by atoms with Crippen molar-refractivity contribution in [1.82, 2.24) is 4.90 Å². The number of urea groups is 1. The summed E-state index contributed by atoms with van der Waals surface area (Å²) >= 11 is 6.06. The first-order valence-corrected chi connectivity index (χ1v) is 5.02. The number of rotatable bonds is 1. The molecule has 0 aliphatic carbocycles. The lowest BCUT2D eigenvalue weighted by Crippen LogP contribution is -2.36. The van der Waals surface area contributed by atoms with Crippen LogP contribution < -0.4 is 4.90 Å². The largest absolute Gasteiger partial charge is 0.330 e. The van der Waals surface area contributed by atoms with Gasteiger partial charge in [0.15, 0.2) is 0 Å². The number of hydrogen-bond acceptors (Lipinski definition) is 1. The van der Waals surface area contributed by atoms with Gasteiger partial charge in [-0.3, -0.25) is 4.90 Å². The van der Waals surface area contributed by atoms with Crippen LogP contribution in [-0.4, -0.2) is 32.1 Å². The molecule has 3 nitrogen and oxygen atoms in total. The Kier molecular flexibility index (Phi) is 3.58. The number of anilines is 1. The van der Waals surface area contributed by atoms with Gasteiger partial charge in [0.2, 0.25) is 0 Å². The van der Waals surface area contributed by atoms with E-state index < -0.39 is 0 Å². The lowest BCUT2D eigenvalue weighted by atomic mass is 10.2. The third-order valence-electron chi connectivity index (χ3n) is 2.13. The monoisotopic (exact) mass is 226 g/mol. The number of carbonyl (C=O) groups is 1. The summed E-state index contributed by atoms with van der Waals surface area (Å²) in [7, 11) is 5.13. The molecule has 0 N–H and O–H groups in total. The van der Waals surface area contributed by atoms with Crippen LogP contribution in [0.5, 0.6) is 0 Å². The highest BCUT2D eigenvalue weighted by atomic mass is 35.5. The van der Waals surface area contributed by atoms with Gasteiger partial charge in [0, 0.05) is 21.1 Å². The fourth-order valence-corrected chi connectivity index (χ4v) is 1.65. The fourth-order valence-electron chi connectivity index (χ4n) is 1.29. The second kappa shape index (κ2) is 4.53. The molecule has 0 saturated carbocycles. The van der Waals surface area contributed by atoms with Crippen LogP contribution in [0.25, 0.3) is 0 Å². The summed E-state index contributed by atoms with van der Waals surface area (Å²) < 4.78 is 0. The Morgan fingerprint density at radius 2 is 1.87 bits per heavy atom. The molecule has 0 aliphatic heterocycles. The molecule has 0 atom stereocenters. The molecule has 0 bridgehead atoms. The molecule has 0 saturated heterocycles. The van der Waals surface area contributed by atoms with Crippen molar-refractivity contribution in [2.24, 2.45) is 0 Å². The normalized spacial score (nSPS) is 9.93. The standard InChI is InChI=1S/C11H15ClN2O/c1-8-5-6-10(9(12)7-8)14(4)11(15)13(2)3/h5-7H,1-4H3. The quantitative estimate of drug-likeness (QED) is 0.722. The van der Waals surface area contributed by atoms with E-state index in [9.17, 15) is 4.79 Å². The molecular weight excluding hydrogens is 212 g/mol.